The van der Waals surface area contributed by atoms with Gasteiger partial charge in [-0.2, -0.15) is 4.98 Å². The standard InChI is InChI=1S/C19H15Cl2N5/c20-14-8-7-13(10-15(14)21)17-16(25-19(23)26-18(17)22)6-2-1-4-12-5-3-9-24-11-12/h1-11H,(H4,22,23,25,26)/b4-1+,6-2+. The number of pyridine rings is 1. The molecule has 0 radical (unpaired) electrons. The van der Waals surface area contributed by atoms with E-state index in [9.17, 15) is 0 Å². The highest BCUT2D eigenvalue weighted by Crippen LogP contribution is 2.33. The quantitative estimate of drug-likeness (QED) is 0.635. The zero-order valence-corrected chi connectivity index (χ0v) is 15.1. The van der Waals surface area contributed by atoms with Gasteiger partial charge in [0.05, 0.1) is 15.7 Å². The number of benzene rings is 1. The van der Waals surface area contributed by atoms with Gasteiger partial charge in [0, 0.05) is 18.0 Å². The molecule has 0 bridgehead atoms. The van der Waals surface area contributed by atoms with Crippen LogP contribution in [0.4, 0.5) is 11.8 Å². The van der Waals surface area contributed by atoms with Crippen LogP contribution in [0.5, 0.6) is 0 Å². The van der Waals surface area contributed by atoms with Crippen LogP contribution in [0.15, 0.2) is 54.9 Å². The molecule has 0 amide bonds. The maximum atomic E-state index is 6.12. The monoisotopic (exact) mass is 383 g/mol. The van der Waals surface area contributed by atoms with Gasteiger partial charge in [0.25, 0.3) is 0 Å². The Morgan fingerprint density at radius 3 is 2.46 bits per heavy atom. The van der Waals surface area contributed by atoms with E-state index in [4.69, 9.17) is 34.7 Å². The van der Waals surface area contributed by atoms with Crippen molar-refractivity contribution in [3.05, 3.63) is 76.2 Å². The molecule has 1 aromatic carbocycles. The fourth-order valence-corrected chi connectivity index (χ4v) is 2.67. The van der Waals surface area contributed by atoms with Crippen molar-refractivity contribution in [2.75, 3.05) is 11.5 Å². The van der Waals surface area contributed by atoms with Crippen LogP contribution in [0.25, 0.3) is 23.3 Å². The van der Waals surface area contributed by atoms with Crippen molar-refractivity contribution in [1.82, 2.24) is 15.0 Å². The average Bonchev–Trinajstić information content (AvgIpc) is 2.62. The fraction of sp³-hybridized carbons (Fsp3) is 0. The van der Waals surface area contributed by atoms with E-state index >= 15 is 0 Å². The molecule has 3 aromatic rings. The molecule has 0 saturated carbocycles. The molecule has 7 heteroatoms. The Morgan fingerprint density at radius 2 is 1.73 bits per heavy atom. The normalized spacial score (nSPS) is 11.5. The largest absolute Gasteiger partial charge is 0.383 e. The Balaban J connectivity index is 1.97. The van der Waals surface area contributed by atoms with Gasteiger partial charge in [-0.25, -0.2) is 4.98 Å². The molecular formula is C19H15Cl2N5. The average molecular weight is 384 g/mol. The number of halogens is 2. The predicted molar refractivity (Wildman–Crippen MR) is 109 cm³/mol. The van der Waals surface area contributed by atoms with Crippen LogP contribution in [-0.2, 0) is 0 Å². The van der Waals surface area contributed by atoms with Crippen molar-refractivity contribution >= 4 is 47.1 Å². The zero-order valence-electron chi connectivity index (χ0n) is 13.6. The fourth-order valence-electron chi connectivity index (χ4n) is 2.37. The molecule has 0 aliphatic rings. The molecule has 2 heterocycles. The van der Waals surface area contributed by atoms with Gasteiger partial charge in [0.15, 0.2) is 0 Å². The van der Waals surface area contributed by atoms with E-state index in [1.807, 2.05) is 36.4 Å². The Hall–Kier alpha value is -2.89. The van der Waals surface area contributed by atoms with Crippen LogP contribution >= 0.6 is 23.2 Å². The Kier molecular flexibility index (Phi) is 5.51. The summed E-state index contributed by atoms with van der Waals surface area (Å²) in [5, 5.41) is 0.883. The zero-order chi connectivity index (χ0) is 18.5. The van der Waals surface area contributed by atoms with Gasteiger partial charge in [-0.15, -0.1) is 0 Å². The number of hydrogen-bond acceptors (Lipinski definition) is 5. The number of anilines is 2. The molecule has 130 valence electrons. The first kappa shape index (κ1) is 17.9. The van der Waals surface area contributed by atoms with Gasteiger partial charge < -0.3 is 11.5 Å². The Bertz CT molecular complexity index is 985. The van der Waals surface area contributed by atoms with Crippen molar-refractivity contribution in [3.8, 4) is 11.1 Å². The summed E-state index contributed by atoms with van der Waals surface area (Å²) in [7, 11) is 0. The van der Waals surface area contributed by atoms with Gasteiger partial charge in [-0.3, -0.25) is 4.98 Å². The summed E-state index contributed by atoms with van der Waals surface area (Å²) in [6, 6.07) is 9.06. The summed E-state index contributed by atoms with van der Waals surface area (Å²) in [6.07, 6.45) is 10.9. The molecular weight excluding hydrogens is 369 g/mol. The van der Waals surface area contributed by atoms with Crippen LogP contribution < -0.4 is 11.5 Å². The SMILES string of the molecule is Nc1nc(N)c(-c2ccc(Cl)c(Cl)c2)c(/C=C/C=C/c2cccnc2)n1. The second kappa shape index (κ2) is 7.99. The van der Waals surface area contributed by atoms with Crippen LogP contribution in [0.3, 0.4) is 0 Å². The maximum Gasteiger partial charge on any atom is 0.222 e. The van der Waals surface area contributed by atoms with E-state index < -0.39 is 0 Å². The molecule has 4 N–H and O–H groups in total. The highest BCUT2D eigenvalue weighted by molar-refractivity contribution is 6.42. The second-order valence-electron chi connectivity index (χ2n) is 5.36. The molecule has 0 atom stereocenters. The summed E-state index contributed by atoms with van der Waals surface area (Å²) in [6.45, 7) is 0. The molecule has 0 saturated heterocycles. The van der Waals surface area contributed by atoms with Gasteiger partial charge in [0.2, 0.25) is 5.95 Å². The van der Waals surface area contributed by atoms with Crippen molar-refractivity contribution < 1.29 is 0 Å². The molecule has 0 fully saturated rings. The Morgan fingerprint density at radius 1 is 0.923 bits per heavy atom. The highest BCUT2D eigenvalue weighted by atomic mass is 35.5. The lowest BCUT2D eigenvalue weighted by Gasteiger charge is -2.10. The first-order chi connectivity index (χ1) is 12.5. The lowest BCUT2D eigenvalue weighted by molar-refractivity contribution is 1.18. The van der Waals surface area contributed by atoms with E-state index in [1.54, 1.807) is 30.6 Å². The number of nitrogens with zero attached hydrogens (tertiary/aromatic N) is 3. The van der Waals surface area contributed by atoms with Crippen LogP contribution in [-0.4, -0.2) is 15.0 Å². The van der Waals surface area contributed by atoms with Gasteiger partial charge in [-0.1, -0.05) is 53.6 Å². The van der Waals surface area contributed by atoms with E-state index in [1.165, 1.54) is 0 Å². The first-order valence-electron chi connectivity index (χ1n) is 7.68. The number of allylic oxidation sites excluding steroid dienone is 2. The molecule has 26 heavy (non-hydrogen) atoms. The van der Waals surface area contributed by atoms with Crippen molar-refractivity contribution in [1.29, 1.82) is 0 Å². The predicted octanol–water partition coefficient (Wildman–Crippen LogP) is 4.74. The minimum atomic E-state index is 0.0993. The third-order valence-electron chi connectivity index (χ3n) is 3.53. The molecule has 0 unspecified atom stereocenters. The number of nitrogen functional groups attached to an aromatic ring is 2. The maximum absolute atomic E-state index is 6.12. The third-order valence-corrected chi connectivity index (χ3v) is 4.27. The summed E-state index contributed by atoms with van der Waals surface area (Å²) in [5.74, 6) is 0.369. The van der Waals surface area contributed by atoms with Gasteiger partial charge in [0.1, 0.15) is 5.82 Å². The summed E-state index contributed by atoms with van der Waals surface area (Å²) in [4.78, 5) is 12.4. The number of hydrogen-bond donors (Lipinski definition) is 2. The highest BCUT2D eigenvalue weighted by Gasteiger charge is 2.13. The van der Waals surface area contributed by atoms with Crippen LogP contribution in [0.1, 0.15) is 11.3 Å². The van der Waals surface area contributed by atoms with Crippen LogP contribution in [0.2, 0.25) is 10.0 Å². The molecule has 0 spiro atoms. The van der Waals surface area contributed by atoms with E-state index in [2.05, 4.69) is 15.0 Å². The molecule has 3 rings (SSSR count). The third kappa shape index (κ3) is 4.20. The Labute approximate surface area is 161 Å². The van der Waals surface area contributed by atoms with Crippen LogP contribution in [0, 0.1) is 0 Å². The van der Waals surface area contributed by atoms with Crippen molar-refractivity contribution in [3.63, 3.8) is 0 Å². The number of aromatic nitrogens is 3. The second-order valence-corrected chi connectivity index (χ2v) is 6.18. The van der Waals surface area contributed by atoms with E-state index in [-0.39, 0.29) is 11.8 Å². The van der Waals surface area contributed by atoms with Crippen molar-refractivity contribution in [2.24, 2.45) is 0 Å². The summed E-state index contributed by atoms with van der Waals surface area (Å²) in [5.41, 5.74) is 14.8. The topological polar surface area (TPSA) is 90.7 Å². The van der Waals surface area contributed by atoms with Gasteiger partial charge in [-0.05, 0) is 35.4 Å². The minimum Gasteiger partial charge on any atom is -0.383 e. The van der Waals surface area contributed by atoms with E-state index in [0.29, 0.717) is 21.3 Å². The summed E-state index contributed by atoms with van der Waals surface area (Å²) < 4.78 is 0. The van der Waals surface area contributed by atoms with Crippen molar-refractivity contribution in [2.45, 2.75) is 0 Å². The van der Waals surface area contributed by atoms with Gasteiger partial charge >= 0.3 is 0 Å². The lowest BCUT2D eigenvalue weighted by atomic mass is 10.0. The number of rotatable bonds is 4. The molecule has 0 aliphatic heterocycles. The molecule has 2 aromatic heterocycles. The molecule has 0 aliphatic carbocycles. The number of nitrogens with two attached hydrogens (primary N) is 2. The molecule has 5 nitrogen and oxygen atoms in total. The lowest BCUT2D eigenvalue weighted by Crippen LogP contribution is -2.04. The minimum absolute atomic E-state index is 0.0993. The van der Waals surface area contributed by atoms with E-state index in [0.717, 1.165) is 11.1 Å². The first-order valence-corrected chi connectivity index (χ1v) is 8.43. The summed E-state index contributed by atoms with van der Waals surface area (Å²) >= 11 is 12.1. The smallest absolute Gasteiger partial charge is 0.222 e.